The van der Waals surface area contributed by atoms with Crippen LogP contribution in [0, 0.1) is 0 Å². The minimum Gasteiger partial charge on any atom is -0.463 e. The Morgan fingerprint density at radius 1 is 0.474 bits per heavy atom. The molecule has 8 heteroatoms. The zero-order valence-electron chi connectivity index (χ0n) is 24.3. The molecule has 0 rings (SSSR count). The van der Waals surface area contributed by atoms with Crippen molar-refractivity contribution in [2.24, 2.45) is 0 Å². The van der Waals surface area contributed by atoms with E-state index in [4.69, 9.17) is 9.47 Å². The van der Waals surface area contributed by atoms with Crippen LogP contribution in [0.4, 0.5) is 0 Å². The lowest BCUT2D eigenvalue weighted by Gasteiger charge is -2.26. The molecule has 0 aliphatic heterocycles. The van der Waals surface area contributed by atoms with Crippen LogP contribution < -0.4 is 0 Å². The van der Waals surface area contributed by atoms with Gasteiger partial charge in [0.2, 0.25) is 0 Å². The van der Waals surface area contributed by atoms with E-state index >= 15 is 0 Å². The fourth-order valence-electron chi connectivity index (χ4n) is 4.31. The lowest BCUT2D eigenvalue weighted by Crippen LogP contribution is -2.48. The smallest absolute Gasteiger partial charge is 0.305 e. The van der Waals surface area contributed by atoms with Gasteiger partial charge in [-0.25, -0.2) is 0 Å². The van der Waals surface area contributed by atoms with Crippen molar-refractivity contribution in [3.8, 4) is 0 Å². The maximum atomic E-state index is 11.9. The molecule has 0 spiro atoms. The van der Waals surface area contributed by atoms with Crippen LogP contribution in [0.5, 0.6) is 0 Å². The van der Waals surface area contributed by atoms with Crippen LogP contribution in [0.15, 0.2) is 0 Å². The standard InChI is InChI=1S/C30H58O8/c1-3-5-7-9-11-13-15-17-19-21-27(33)37-23-25(31)29(35)30(36)26(32)24-38-28(34)22-20-18-16-14-12-10-8-6-4-2/h25-26,29-32,35-36H,3-24H2,1-2H3/t25-,26+,29-,30-/m1/s1. The van der Waals surface area contributed by atoms with Gasteiger partial charge in [-0.15, -0.1) is 0 Å². The van der Waals surface area contributed by atoms with Crippen molar-refractivity contribution in [3.05, 3.63) is 0 Å². The predicted octanol–water partition coefficient (Wildman–Crippen LogP) is 5.36. The van der Waals surface area contributed by atoms with Crippen LogP contribution in [-0.4, -0.2) is 70.0 Å². The van der Waals surface area contributed by atoms with Crippen LogP contribution in [0.3, 0.4) is 0 Å². The first-order valence-electron chi connectivity index (χ1n) is 15.4. The zero-order valence-corrected chi connectivity index (χ0v) is 24.3. The van der Waals surface area contributed by atoms with E-state index < -0.39 is 49.6 Å². The van der Waals surface area contributed by atoms with Crippen molar-refractivity contribution in [2.75, 3.05) is 13.2 Å². The van der Waals surface area contributed by atoms with E-state index in [2.05, 4.69) is 13.8 Å². The van der Waals surface area contributed by atoms with E-state index in [1.807, 2.05) is 0 Å². The number of hydrogen-bond donors (Lipinski definition) is 4. The second-order valence-corrected chi connectivity index (χ2v) is 10.6. The highest BCUT2D eigenvalue weighted by Crippen LogP contribution is 2.13. The maximum Gasteiger partial charge on any atom is 0.305 e. The van der Waals surface area contributed by atoms with E-state index in [1.54, 1.807) is 0 Å². The number of carbonyl (C=O) groups excluding carboxylic acids is 2. The lowest BCUT2D eigenvalue weighted by atomic mass is 10.0. The number of aliphatic hydroxyl groups excluding tert-OH is 4. The molecule has 4 N–H and O–H groups in total. The van der Waals surface area contributed by atoms with E-state index in [0.717, 1.165) is 25.7 Å². The first-order valence-corrected chi connectivity index (χ1v) is 15.4. The van der Waals surface area contributed by atoms with Crippen LogP contribution >= 0.6 is 0 Å². The van der Waals surface area contributed by atoms with Crippen molar-refractivity contribution in [1.82, 2.24) is 0 Å². The van der Waals surface area contributed by atoms with E-state index in [-0.39, 0.29) is 12.8 Å². The van der Waals surface area contributed by atoms with Crippen molar-refractivity contribution in [2.45, 2.75) is 167 Å². The first kappa shape index (κ1) is 36.8. The molecule has 8 nitrogen and oxygen atoms in total. The average Bonchev–Trinajstić information content (AvgIpc) is 2.91. The number of aliphatic hydroxyl groups is 4. The number of unbranched alkanes of at least 4 members (excludes halogenated alkanes) is 16. The Kier molecular flexibility index (Phi) is 25.2. The summed E-state index contributed by atoms with van der Waals surface area (Å²) in [6.07, 6.45) is 14.2. The van der Waals surface area contributed by atoms with Crippen LogP contribution in [-0.2, 0) is 19.1 Å². The molecule has 0 heterocycles. The van der Waals surface area contributed by atoms with Crippen LogP contribution in [0.25, 0.3) is 0 Å². The normalized spacial score (nSPS) is 14.6. The molecule has 4 atom stereocenters. The molecule has 0 fully saturated rings. The van der Waals surface area contributed by atoms with Gasteiger partial charge in [0.05, 0.1) is 0 Å². The van der Waals surface area contributed by atoms with Gasteiger partial charge in [0, 0.05) is 12.8 Å². The molecular formula is C30H58O8. The third kappa shape index (κ3) is 21.7. The van der Waals surface area contributed by atoms with Crippen molar-refractivity contribution >= 4 is 11.9 Å². The Morgan fingerprint density at radius 3 is 1.03 bits per heavy atom. The monoisotopic (exact) mass is 546 g/mol. The molecule has 0 saturated carbocycles. The molecule has 38 heavy (non-hydrogen) atoms. The summed E-state index contributed by atoms with van der Waals surface area (Å²) in [5, 5.41) is 40.2. The van der Waals surface area contributed by atoms with Gasteiger partial charge in [0.1, 0.15) is 37.6 Å². The van der Waals surface area contributed by atoms with E-state index in [9.17, 15) is 30.0 Å². The number of hydrogen-bond acceptors (Lipinski definition) is 8. The Morgan fingerprint density at radius 2 is 0.737 bits per heavy atom. The molecule has 0 aromatic carbocycles. The number of esters is 2. The first-order chi connectivity index (χ1) is 18.3. The molecule has 0 radical (unpaired) electrons. The Labute approximate surface area is 231 Å². The molecule has 0 bridgehead atoms. The molecule has 226 valence electrons. The zero-order chi connectivity index (χ0) is 28.4. The second-order valence-electron chi connectivity index (χ2n) is 10.6. The minimum atomic E-state index is -1.75. The van der Waals surface area contributed by atoms with Gasteiger partial charge in [-0.2, -0.15) is 0 Å². The highest BCUT2D eigenvalue weighted by Gasteiger charge is 2.31. The number of ether oxygens (including phenoxy) is 2. The van der Waals surface area contributed by atoms with Crippen molar-refractivity contribution in [3.63, 3.8) is 0 Å². The Balaban J connectivity index is 3.86. The maximum absolute atomic E-state index is 11.9. The summed E-state index contributed by atoms with van der Waals surface area (Å²) in [6, 6.07) is 0. The molecular weight excluding hydrogens is 488 g/mol. The van der Waals surface area contributed by atoms with Gasteiger partial charge in [0.15, 0.2) is 0 Å². The summed E-state index contributed by atoms with van der Waals surface area (Å²) >= 11 is 0. The van der Waals surface area contributed by atoms with Crippen LogP contribution in [0.1, 0.15) is 142 Å². The number of rotatable bonds is 27. The summed E-state index contributed by atoms with van der Waals surface area (Å²) in [6.45, 7) is 3.42. The summed E-state index contributed by atoms with van der Waals surface area (Å²) in [5.41, 5.74) is 0. The number of carbonyl (C=O) groups is 2. The van der Waals surface area contributed by atoms with Crippen molar-refractivity contribution in [1.29, 1.82) is 0 Å². The SMILES string of the molecule is CCCCCCCCCCCC(=O)OC[C@@H](O)[C@@H](O)[C@H](O)[C@@H](O)COC(=O)CCCCCCCCCCC. The van der Waals surface area contributed by atoms with Gasteiger partial charge in [-0.05, 0) is 12.8 Å². The molecule has 0 aromatic rings. The van der Waals surface area contributed by atoms with Gasteiger partial charge >= 0.3 is 11.9 Å². The van der Waals surface area contributed by atoms with Gasteiger partial charge in [-0.3, -0.25) is 9.59 Å². The van der Waals surface area contributed by atoms with E-state index in [1.165, 1.54) is 77.0 Å². The van der Waals surface area contributed by atoms with Gasteiger partial charge in [-0.1, -0.05) is 117 Å². The molecule has 0 unspecified atom stereocenters. The fraction of sp³-hybridized carbons (Fsp3) is 0.933. The topological polar surface area (TPSA) is 134 Å². The highest BCUT2D eigenvalue weighted by molar-refractivity contribution is 5.69. The molecule has 0 amide bonds. The average molecular weight is 547 g/mol. The summed E-state index contributed by atoms with van der Waals surface area (Å²) in [4.78, 5) is 23.7. The molecule has 0 saturated heterocycles. The van der Waals surface area contributed by atoms with Gasteiger partial charge < -0.3 is 29.9 Å². The summed E-state index contributed by atoms with van der Waals surface area (Å²) in [7, 11) is 0. The third-order valence-electron chi connectivity index (χ3n) is 6.94. The molecule has 0 aliphatic rings. The largest absolute Gasteiger partial charge is 0.463 e. The van der Waals surface area contributed by atoms with Crippen molar-refractivity contribution < 1.29 is 39.5 Å². The minimum absolute atomic E-state index is 0.235. The Hall–Kier alpha value is -1.22. The quantitative estimate of drug-likeness (QED) is 0.0799. The van der Waals surface area contributed by atoms with E-state index in [0.29, 0.717) is 12.8 Å². The third-order valence-corrected chi connectivity index (χ3v) is 6.94. The molecule has 0 aromatic heterocycles. The highest BCUT2D eigenvalue weighted by atomic mass is 16.5. The predicted molar refractivity (Wildman–Crippen MR) is 150 cm³/mol. The second kappa shape index (κ2) is 26.0. The van der Waals surface area contributed by atoms with Crippen LogP contribution in [0.2, 0.25) is 0 Å². The summed E-state index contributed by atoms with van der Waals surface area (Å²) in [5.74, 6) is -0.945. The Bertz CT molecular complexity index is 508. The molecule has 0 aliphatic carbocycles. The fourth-order valence-corrected chi connectivity index (χ4v) is 4.31. The lowest BCUT2D eigenvalue weighted by molar-refractivity contribution is -0.162. The summed E-state index contributed by atoms with van der Waals surface area (Å²) < 4.78 is 9.99. The van der Waals surface area contributed by atoms with Gasteiger partial charge in [0.25, 0.3) is 0 Å².